The van der Waals surface area contributed by atoms with Gasteiger partial charge in [0, 0.05) is 30.6 Å². The fourth-order valence-electron chi connectivity index (χ4n) is 3.71. The van der Waals surface area contributed by atoms with Crippen LogP contribution in [0.3, 0.4) is 0 Å². The van der Waals surface area contributed by atoms with Gasteiger partial charge in [-0.15, -0.1) is 0 Å². The van der Waals surface area contributed by atoms with E-state index in [0.717, 1.165) is 12.1 Å². The largest absolute Gasteiger partial charge is 0.416 e. The topological polar surface area (TPSA) is 46.3 Å². The molecule has 1 saturated heterocycles. The lowest BCUT2D eigenvalue weighted by Gasteiger charge is -2.25. The number of hydrogen-bond acceptors (Lipinski definition) is 2. The number of alkyl halides is 3. The van der Waals surface area contributed by atoms with Gasteiger partial charge >= 0.3 is 6.18 Å². The lowest BCUT2D eigenvalue weighted by Crippen LogP contribution is -2.30. The molecular formula is C20H20F4N2O. The quantitative estimate of drug-likeness (QED) is 0.812. The second-order valence-electron chi connectivity index (χ2n) is 6.89. The molecule has 1 aliphatic rings. The molecule has 27 heavy (non-hydrogen) atoms. The summed E-state index contributed by atoms with van der Waals surface area (Å²) in [5, 5.41) is 0. The standard InChI is InChI=1S/C20H20F4N2O/c1-12(15-4-2-3-5-18(15)21)26-10-16(17(11-26)19(25)27)13-6-8-14(9-7-13)20(22,23)24/h2-9,12,16-17H,10-11H2,1H3,(H2,25,27). The maximum atomic E-state index is 14.1. The molecule has 1 amide bonds. The van der Waals surface area contributed by atoms with Crippen LogP contribution in [-0.2, 0) is 11.0 Å². The SMILES string of the molecule is CC(c1ccccc1F)N1CC(C(N)=O)C(c2ccc(C(F)(F)F)cc2)C1. The second-order valence-corrected chi connectivity index (χ2v) is 6.89. The number of halogens is 4. The summed E-state index contributed by atoms with van der Waals surface area (Å²) in [5.41, 5.74) is 5.93. The van der Waals surface area contributed by atoms with Gasteiger partial charge in [0.15, 0.2) is 0 Å². The zero-order valence-corrected chi connectivity index (χ0v) is 14.7. The van der Waals surface area contributed by atoms with Gasteiger partial charge < -0.3 is 5.73 Å². The number of carbonyl (C=O) groups excluding carboxylic acids is 1. The highest BCUT2D eigenvalue weighted by Gasteiger charge is 2.40. The normalized spacial score (nSPS) is 22.0. The summed E-state index contributed by atoms with van der Waals surface area (Å²) in [4.78, 5) is 13.9. The van der Waals surface area contributed by atoms with E-state index in [0.29, 0.717) is 24.2 Å². The van der Waals surface area contributed by atoms with Crippen molar-refractivity contribution in [3.63, 3.8) is 0 Å². The van der Waals surface area contributed by atoms with Crippen LogP contribution in [0.15, 0.2) is 48.5 Å². The highest BCUT2D eigenvalue weighted by atomic mass is 19.4. The minimum absolute atomic E-state index is 0.285. The van der Waals surface area contributed by atoms with Gasteiger partial charge in [-0.05, 0) is 30.7 Å². The summed E-state index contributed by atoms with van der Waals surface area (Å²) >= 11 is 0. The summed E-state index contributed by atoms with van der Waals surface area (Å²) in [6, 6.07) is 10.9. The van der Waals surface area contributed by atoms with Crippen LogP contribution in [0.5, 0.6) is 0 Å². The van der Waals surface area contributed by atoms with Gasteiger partial charge in [-0.2, -0.15) is 13.2 Å². The molecule has 0 saturated carbocycles. The molecule has 2 N–H and O–H groups in total. The number of benzene rings is 2. The second kappa shape index (κ2) is 7.31. The zero-order chi connectivity index (χ0) is 19.8. The van der Waals surface area contributed by atoms with E-state index in [1.165, 1.54) is 18.2 Å². The van der Waals surface area contributed by atoms with Crippen LogP contribution in [-0.4, -0.2) is 23.9 Å². The highest BCUT2D eigenvalue weighted by Crippen LogP contribution is 2.38. The Kier molecular flexibility index (Phi) is 5.24. The third-order valence-corrected chi connectivity index (χ3v) is 5.28. The van der Waals surface area contributed by atoms with Crippen LogP contribution in [0.25, 0.3) is 0 Å². The van der Waals surface area contributed by atoms with Crippen molar-refractivity contribution in [2.24, 2.45) is 11.7 Å². The van der Waals surface area contributed by atoms with E-state index in [1.807, 2.05) is 11.8 Å². The van der Waals surface area contributed by atoms with Gasteiger partial charge in [-0.25, -0.2) is 4.39 Å². The van der Waals surface area contributed by atoms with Gasteiger partial charge in [0.05, 0.1) is 11.5 Å². The van der Waals surface area contributed by atoms with Crippen molar-refractivity contribution < 1.29 is 22.4 Å². The van der Waals surface area contributed by atoms with Crippen LogP contribution in [0.1, 0.15) is 35.6 Å². The first-order chi connectivity index (χ1) is 12.7. The fourth-order valence-corrected chi connectivity index (χ4v) is 3.71. The summed E-state index contributed by atoms with van der Waals surface area (Å²) in [6.45, 7) is 2.58. The minimum Gasteiger partial charge on any atom is -0.369 e. The molecule has 3 nitrogen and oxygen atoms in total. The molecule has 3 atom stereocenters. The Morgan fingerprint density at radius 2 is 1.74 bits per heavy atom. The molecule has 1 heterocycles. The molecule has 0 aliphatic carbocycles. The number of primary amides is 1. The van der Waals surface area contributed by atoms with E-state index in [4.69, 9.17) is 5.73 Å². The number of hydrogen-bond donors (Lipinski definition) is 1. The van der Waals surface area contributed by atoms with Crippen LogP contribution in [0.4, 0.5) is 17.6 Å². The molecular weight excluding hydrogens is 360 g/mol. The van der Waals surface area contributed by atoms with E-state index < -0.39 is 23.6 Å². The molecule has 3 rings (SSSR count). The first kappa shape index (κ1) is 19.4. The molecule has 0 aromatic heterocycles. The number of amides is 1. The van der Waals surface area contributed by atoms with Crippen molar-refractivity contribution in [3.8, 4) is 0 Å². The Morgan fingerprint density at radius 1 is 1.11 bits per heavy atom. The van der Waals surface area contributed by atoms with Crippen molar-refractivity contribution in [2.75, 3.05) is 13.1 Å². The number of carbonyl (C=O) groups is 1. The van der Waals surface area contributed by atoms with Crippen LogP contribution in [0.2, 0.25) is 0 Å². The average molecular weight is 380 g/mol. The van der Waals surface area contributed by atoms with E-state index in [-0.39, 0.29) is 17.8 Å². The molecule has 1 fully saturated rings. The Morgan fingerprint density at radius 3 is 2.30 bits per heavy atom. The van der Waals surface area contributed by atoms with Crippen molar-refractivity contribution >= 4 is 5.91 Å². The molecule has 1 aliphatic heterocycles. The predicted octanol–water partition coefficient (Wildman–Crippen LogP) is 4.11. The Labute approximate surface area is 154 Å². The fraction of sp³-hybridized carbons (Fsp3) is 0.350. The minimum atomic E-state index is -4.41. The Bertz CT molecular complexity index is 819. The first-order valence-corrected chi connectivity index (χ1v) is 8.63. The highest BCUT2D eigenvalue weighted by molar-refractivity contribution is 5.78. The molecule has 7 heteroatoms. The summed E-state index contributed by atoms with van der Waals surface area (Å²) in [6.07, 6.45) is -4.41. The van der Waals surface area contributed by atoms with Gasteiger partial charge in [0.25, 0.3) is 0 Å². The lowest BCUT2D eigenvalue weighted by molar-refractivity contribution is -0.137. The number of rotatable bonds is 4. The van der Waals surface area contributed by atoms with Gasteiger partial charge in [-0.1, -0.05) is 30.3 Å². The van der Waals surface area contributed by atoms with E-state index in [1.54, 1.807) is 18.2 Å². The maximum Gasteiger partial charge on any atom is 0.416 e. The van der Waals surface area contributed by atoms with E-state index in [9.17, 15) is 22.4 Å². The number of nitrogens with two attached hydrogens (primary N) is 1. The van der Waals surface area contributed by atoms with Gasteiger partial charge in [0.1, 0.15) is 5.82 Å². The Hall–Kier alpha value is -2.41. The smallest absolute Gasteiger partial charge is 0.369 e. The average Bonchev–Trinajstić information content (AvgIpc) is 3.06. The molecule has 0 bridgehead atoms. The third-order valence-electron chi connectivity index (χ3n) is 5.28. The molecule has 144 valence electrons. The van der Waals surface area contributed by atoms with Crippen LogP contribution < -0.4 is 5.73 Å². The summed E-state index contributed by atoms with van der Waals surface area (Å²) in [7, 11) is 0. The molecule has 0 radical (unpaired) electrons. The van der Waals surface area contributed by atoms with E-state index >= 15 is 0 Å². The third kappa shape index (κ3) is 3.98. The van der Waals surface area contributed by atoms with Crippen LogP contribution >= 0.6 is 0 Å². The summed E-state index contributed by atoms with van der Waals surface area (Å²) in [5.74, 6) is -1.73. The molecule has 2 aromatic rings. The monoisotopic (exact) mass is 380 g/mol. The van der Waals surface area contributed by atoms with Gasteiger partial charge in [0.2, 0.25) is 5.91 Å². The molecule has 0 spiro atoms. The summed E-state index contributed by atoms with van der Waals surface area (Å²) < 4.78 is 52.4. The van der Waals surface area contributed by atoms with Crippen molar-refractivity contribution in [1.82, 2.24) is 4.90 Å². The predicted molar refractivity (Wildman–Crippen MR) is 93.3 cm³/mol. The van der Waals surface area contributed by atoms with E-state index in [2.05, 4.69) is 0 Å². The zero-order valence-electron chi connectivity index (χ0n) is 14.7. The first-order valence-electron chi connectivity index (χ1n) is 8.63. The lowest BCUT2D eigenvalue weighted by atomic mass is 9.88. The van der Waals surface area contributed by atoms with Crippen molar-refractivity contribution in [2.45, 2.75) is 25.1 Å². The Balaban J connectivity index is 1.85. The van der Waals surface area contributed by atoms with Crippen molar-refractivity contribution in [1.29, 1.82) is 0 Å². The molecule has 2 aromatic carbocycles. The van der Waals surface area contributed by atoms with Crippen molar-refractivity contribution in [3.05, 3.63) is 71.0 Å². The maximum absolute atomic E-state index is 14.1. The number of likely N-dealkylation sites (tertiary alicyclic amines) is 1. The van der Waals surface area contributed by atoms with Crippen LogP contribution in [0, 0.1) is 11.7 Å². The molecule has 3 unspecified atom stereocenters. The van der Waals surface area contributed by atoms with Gasteiger partial charge in [-0.3, -0.25) is 9.69 Å². The number of nitrogens with zero attached hydrogens (tertiary/aromatic N) is 1.